The quantitative estimate of drug-likeness (QED) is 0.478. The molecule has 2 unspecified atom stereocenters. The molecule has 0 heterocycles. The van der Waals surface area contributed by atoms with Crippen LogP contribution in [0.3, 0.4) is 0 Å². The van der Waals surface area contributed by atoms with Crippen LogP contribution in [0.4, 0.5) is 0 Å². The van der Waals surface area contributed by atoms with Crippen molar-refractivity contribution in [3.8, 4) is 0 Å². The third-order valence-corrected chi connectivity index (χ3v) is 6.67. The zero-order valence-electron chi connectivity index (χ0n) is 10.7. The zero-order valence-corrected chi connectivity index (χ0v) is 12.4. The van der Waals surface area contributed by atoms with E-state index in [-0.39, 0.29) is 5.56 Å². The minimum atomic E-state index is -2.05. The maximum atomic E-state index is 5.95. The van der Waals surface area contributed by atoms with E-state index in [0.717, 1.165) is 25.1 Å². The Hall–Kier alpha value is 0.427. The second-order valence-electron chi connectivity index (χ2n) is 4.35. The molecular weight excluding hydrogens is 228 g/mol. The molecule has 0 spiro atoms. The highest BCUT2D eigenvalue weighted by molar-refractivity contribution is 6.67. The van der Waals surface area contributed by atoms with E-state index in [4.69, 9.17) is 20.5 Å². The lowest BCUT2D eigenvalue weighted by molar-refractivity contribution is 0.161. The molecule has 0 aliphatic heterocycles. The largest absolute Gasteiger partial charge is 0.394 e. The van der Waals surface area contributed by atoms with Crippen LogP contribution in [0, 0.1) is 5.92 Å². The molecule has 0 aliphatic rings. The van der Waals surface area contributed by atoms with E-state index in [0.29, 0.717) is 5.92 Å². The summed E-state index contributed by atoms with van der Waals surface area (Å²) in [6.45, 7) is 11.2. The molecule has 15 heavy (non-hydrogen) atoms. The average Bonchev–Trinajstić information content (AvgIpc) is 2.01. The van der Waals surface area contributed by atoms with Crippen molar-refractivity contribution in [1.82, 2.24) is 0 Å². The highest BCUT2D eigenvalue weighted by Gasteiger charge is 2.38. The lowest BCUT2D eigenvalue weighted by Crippen LogP contribution is -2.44. The number of hydrogen-bond acceptors (Lipinski definition) is 2. The fourth-order valence-electron chi connectivity index (χ4n) is 1.94. The number of hydrogen-bond donors (Lipinski definition) is 0. The molecule has 4 heteroatoms. The first-order valence-electron chi connectivity index (χ1n) is 5.91. The van der Waals surface area contributed by atoms with Gasteiger partial charge in [0.25, 0.3) is 0 Å². The Morgan fingerprint density at radius 1 is 1.20 bits per heavy atom. The maximum Gasteiger partial charge on any atom is 0.339 e. The van der Waals surface area contributed by atoms with Crippen molar-refractivity contribution in [3.63, 3.8) is 0 Å². The summed E-state index contributed by atoms with van der Waals surface area (Å²) in [6.07, 6.45) is 1.10. The van der Waals surface area contributed by atoms with Crippen LogP contribution in [0.25, 0.3) is 0 Å². The zero-order chi connectivity index (χ0) is 11.9. The molecule has 0 aromatic heterocycles. The van der Waals surface area contributed by atoms with E-state index in [9.17, 15) is 0 Å². The average molecular weight is 253 g/mol. The number of alkyl halides is 1. The van der Waals surface area contributed by atoms with Gasteiger partial charge in [-0.2, -0.15) is 0 Å². The maximum absolute atomic E-state index is 5.95. The Morgan fingerprint density at radius 3 is 2.13 bits per heavy atom. The molecule has 0 aliphatic carbocycles. The summed E-state index contributed by atoms with van der Waals surface area (Å²) >= 11 is 5.95. The second-order valence-corrected chi connectivity index (χ2v) is 8.22. The summed E-state index contributed by atoms with van der Waals surface area (Å²) < 4.78 is 11.8. The Labute approximate surface area is 101 Å². The Bertz CT molecular complexity index is 145. The minimum Gasteiger partial charge on any atom is -0.394 e. The summed E-state index contributed by atoms with van der Waals surface area (Å²) in [7, 11) is -2.05. The van der Waals surface area contributed by atoms with Gasteiger partial charge in [0.05, 0.1) is 0 Å². The molecule has 0 fully saturated rings. The molecule has 0 radical (unpaired) electrons. The predicted octanol–water partition coefficient (Wildman–Crippen LogP) is 4.13. The molecule has 0 saturated carbocycles. The Morgan fingerprint density at radius 2 is 1.80 bits per heavy atom. The summed E-state index contributed by atoms with van der Waals surface area (Å²) in [6, 6.07) is 2.07. The molecular formula is C11H25ClO2Si. The third kappa shape index (κ3) is 6.56. The minimum absolute atomic E-state index is 0.242. The van der Waals surface area contributed by atoms with Crippen LogP contribution in [0.2, 0.25) is 12.1 Å². The van der Waals surface area contributed by atoms with E-state index in [1.807, 2.05) is 13.8 Å². The van der Waals surface area contributed by atoms with Gasteiger partial charge in [0.15, 0.2) is 0 Å². The van der Waals surface area contributed by atoms with Gasteiger partial charge in [-0.3, -0.25) is 0 Å². The second kappa shape index (κ2) is 7.66. The lowest BCUT2D eigenvalue weighted by Gasteiger charge is -2.32. The van der Waals surface area contributed by atoms with Gasteiger partial charge in [0.2, 0.25) is 0 Å². The molecule has 0 saturated heterocycles. The molecule has 0 amide bonds. The monoisotopic (exact) mass is 252 g/mol. The predicted molar refractivity (Wildman–Crippen MR) is 68.5 cm³/mol. The van der Waals surface area contributed by atoms with Crippen molar-refractivity contribution in [2.75, 3.05) is 6.61 Å². The fraction of sp³-hybridized carbons (Fsp3) is 1.00. The highest BCUT2D eigenvalue weighted by atomic mass is 35.5. The van der Waals surface area contributed by atoms with Crippen molar-refractivity contribution in [1.29, 1.82) is 0 Å². The van der Waals surface area contributed by atoms with Gasteiger partial charge in [-0.25, -0.2) is 0 Å². The van der Waals surface area contributed by atoms with Crippen molar-refractivity contribution < 1.29 is 8.85 Å². The van der Waals surface area contributed by atoms with Crippen LogP contribution in [0.5, 0.6) is 0 Å². The first-order valence-corrected chi connectivity index (χ1v) is 8.58. The van der Waals surface area contributed by atoms with Crippen LogP contribution in [0.1, 0.15) is 41.0 Å². The van der Waals surface area contributed by atoms with Gasteiger partial charge in [0.1, 0.15) is 5.56 Å². The molecule has 2 atom stereocenters. The van der Waals surface area contributed by atoms with E-state index < -0.39 is 8.56 Å². The number of halogens is 1. The van der Waals surface area contributed by atoms with Crippen LogP contribution in [-0.4, -0.2) is 20.7 Å². The van der Waals surface area contributed by atoms with E-state index >= 15 is 0 Å². The van der Waals surface area contributed by atoms with Gasteiger partial charge in [-0.15, -0.1) is 0 Å². The Kier molecular flexibility index (Phi) is 7.88. The van der Waals surface area contributed by atoms with E-state index in [1.165, 1.54) is 0 Å². The SMILES string of the molecule is CCC[Si](CC(C)C)(OCC)OC(C)Cl. The molecule has 0 aromatic carbocycles. The summed E-state index contributed by atoms with van der Waals surface area (Å²) in [5.41, 5.74) is -0.242. The van der Waals surface area contributed by atoms with Gasteiger partial charge in [-0.05, 0) is 31.9 Å². The lowest BCUT2D eigenvalue weighted by atomic mass is 10.3. The normalized spacial score (nSPS) is 17.8. The molecule has 0 rings (SSSR count). The smallest absolute Gasteiger partial charge is 0.339 e. The topological polar surface area (TPSA) is 18.5 Å². The van der Waals surface area contributed by atoms with Gasteiger partial charge in [-0.1, -0.05) is 38.8 Å². The molecule has 0 aromatic rings. The van der Waals surface area contributed by atoms with Crippen molar-refractivity contribution >= 4 is 20.2 Å². The van der Waals surface area contributed by atoms with Gasteiger partial charge < -0.3 is 8.85 Å². The molecule has 0 bridgehead atoms. The van der Waals surface area contributed by atoms with Crippen LogP contribution < -0.4 is 0 Å². The highest BCUT2D eigenvalue weighted by Crippen LogP contribution is 2.27. The fourth-order valence-corrected chi connectivity index (χ4v) is 6.30. The number of rotatable bonds is 8. The van der Waals surface area contributed by atoms with Crippen LogP contribution >= 0.6 is 11.6 Å². The van der Waals surface area contributed by atoms with Crippen molar-refractivity contribution in [2.45, 2.75) is 58.7 Å². The van der Waals surface area contributed by atoms with Crippen LogP contribution in [0.15, 0.2) is 0 Å². The first kappa shape index (κ1) is 15.4. The third-order valence-electron chi connectivity index (χ3n) is 2.13. The molecule has 0 N–H and O–H groups in total. The van der Waals surface area contributed by atoms with Crippen molar-refractivity contribution in [2.24, 2.45) is 5.92 Å². The summed E-state index contributed by atoms with van der Waals surface area (Å²) in [5, 5.41) is 0. The van der Waals surface area contributed by atoms with Crippen LogP contribution in [-0.2, 0) is 8.85 Å². The van der Waals surface area contributed by atoms with E-state index in [1.54, 1.807) is 0 Å². The standard InChI is InChI=1S/C11H25ClO2Si/c1-6-8-15(13-7-2,9-10(3)4)14-11(5)12/h10-11H,6-9H2,1-5H3. The summed E-state index contributed by atoms with van der Waals surface area (Å²) in [4.78, 5) is 0. The Balaban J connectivity index is 4.55. The van der Waals surface area contributed by atoms with Crippen molar-refractivity contribution in [3.05, 3.63) is 0 Å². The molecule has 2 nitrogen and oxygen atoms in total. The van der Waals surface area contributed by atoms with E-state index in [2.05, 4.69) is 20.8 Å². The molecule has 92 valence electrons. The first-order chi connectivity index (χ1) is 6.95. The summed E-state index contributed by atoms with van der Waals surface area (Å²) in [5.74, 6) is 0.602. The van der Waals surface area contributed by atoms with Gasteiger partial charge >= 0.3 is 8.56 Å². The van der Waals surface area contributed by atoms with Gasteiger partial charge in [0, 0.05) is 6.61 Å².